The summed E-state index contributed by atoms with van der Waals surface area (Å²) in [5.74, 6) is -2.55. The number of anilines is 3. The summed E-state index contributed by atoms with van der Waals surface area (Å²) in [7, 11) is -2.50. The third-order valence-corrected chi connectivity index (χ3v) is 10.6. The lowest BCUT2D eigenvalue weighted by molar-refractivity contribution is -0.145. The number of hydrogen-bond acceptors (Lipinski definition) is 11. The Hall–Kier alpha value is -5.16. The number of nitrogens with zero attached hydrogens (tertiary/aromatic N) is 5. The minimum atomic E-state index is -5.05. The van der Waals surface area contributed by atoms with Gasteiger partial charge in [-0.3, -0.25) is 14.9 Å². The molecule has 0 saturated heterocycles. The van der Waals surface area contributed by atoms with Crippen LogP contribution >= 0.6 is 34.8 Å². The summed E-state index contributed by atoms with van der Waals surface area (Å²) in [6.45, 7) is 8.90. The Morgan fingerprint density at radius 2 is 1.59 bits per heavy atom. The molecule has 1 aliphatic heterocycles. The number of carbonyl (C=O) groups excluding carboxylic acids is 3. The minimum Gasteiger partial charge on any atom is -0.489 e. The summed E-state index contributed by atoms with van der Waals surface area (Å²) in [5.41, 5.74) is 2.38. The Bertz CT molecular complexity index is 2370. The van der Waals surface area contributed by atoms with Crippen molar-refractivity contribution in [3.8, 4) is 11.8 Å². The first-order chi connectivity index (χ1) is 29.9. The number of fused-ring (bicyclic) bond motifs is 1. The molecule has 3 aromatic carbocycles. The largest absolute Gasteiger partial charge is 0.489 e. The molecule has 4 aromatic rings. The predicted molar refractivity (Wildman–Crippen MR) is 227 cm³/mol. The van der Waals surface area contributed by atoms with Crippen molar-refractivity contribution in [1.29, 1.82) is 0 Å². The van der Waals surface area contributed by atoms with Crippen LogP contribution in [0.1, 0.15) is 43.3 Å². The lowest BCUT2D eigenvalue weighted by atomic mass is 10.0. The van der Waals surface area contributed by atoms with Gasteiger partial charge in [0.2, 0.25) is 17.7 Å². The van der Waals surface area contributed by atoms with Gasteiger partial charge in [-0.25, -0.2) is 17.9 Å². The zero-order valence-electron chi connectivity index (χ0n) is 34.7. The van der Waals surface area contributed by atoms with Crippen molar-refractivity contribution in [3.05, 3.63) is 89.2 Å². The molecule has 2 heterocycles. The van der Waals surface area contributed by atoms with E-state index in [1.807, 2.05) is 57.2 Å². The van der Waals surface area contributed by atoms with Crippen molar-refractivity contribution >= 4 is 80.0 Å². The van der Waals surface area contributed by atoms with Crippen molar-refractivity contribution < 1.29 is 63.4 Å². The highest BCUT2D eigenvalue weighted by Gasteiger charge is 2.39. The molecular weight excluding hydrogens is 947 g/mol. The average Bonchev–Trinajstić information content (AvgIpc) is 3.23. The first-order valence-corrected chi connectivity index (χ1v) is 21.5. The number of para-hydroxylation sites is 3. The summed E-state index contributed by atoms with van der Waals surface area (Å²) in [6.07, 6.45) is -9.23. The Kier molecular flexibility index (Phi) is 19.2. The van der Waals surface area contributed by atoms with Gasteiger partial charge in [0, 0.05) is 7.11 Å². The van der Waals surface area contributed by atoms with Crippen molar-refractivity contribution in [2.24, 2.45) is 0 Å². The van der Waals surface area contributed by atoms with E-state index < -0.39 is 61.5 Å². The van der Waals surface area contributed by atoms with Gasteiger partial charge in [-0.1, -0.05) is 72.6 Å². The fourth-order valence-corrected chi connectivity index (χ4v) is 7.41. The second-order valence-corrected chi connectivity index (χ2v) is 16.3. The second-order valence-electron chi connectivity index (χ2n) is 13.3. The molecule has 0 fully saturated rings. The summed E-state index contributed by atoms with van der Waals surface area (Å²) in [5, 5.41) is 1.56. The molecule has 2 atom stereocenters. The third-order valence-electron chi connectivity index (χ3n) is 8.63. The highest BCUT2D eigenvalue weighted by Crippen LogP contribution is 2.36. The molecule has 4 amide bonds. The van der Waals surface area contributed by atoms with Crippen LogP contribution in [0, 0.1) is 6.92 Å². The molecule has 0 radical (unpaired) electrons. The molecule has 2 unspecified atom stereocenters. The van der Waals surface area contributed by atoms with Gasteiger partial charge in [0.1, 0.15) is 18.2 Å². The molecule has 5 rings (SSSR count). The van der Waals surface area contributed by atoms with Crippen LogP contribution in [0.3, 0.4) is 0 Å². The number of rotatable bonds is 11. The Morgan fingerprint density at radius 3 is 2.17 bits per heavy atom. The molecule has 1 aliphatic rings. The number of benzene rings is 3. The van der Waals surface area contributed by atoms with Crippen LogP contribution in [0.4, 0.5) is 48.5 Å². The Labute approximate surface area is 379 Å². The van der Waals surface area contributed by atoms with Crippen LogP contribution in [0.15, 0.2) is 71.6 Å². The standard InChI is InChI=1S/C15H22ClNO2.C13H9F6N5O4S.C11H11Cl2NO2/c1-5-13-8-6-7-11(2)15(13)17(14(18)9-16)12(3)10-19-4;1-28-11-21-8(13(17,18)19)20-9(23-11)22-10(25)24-29(26,27)7-5-3-2-4-6(7)12(14,15)16;1-7-6-16-9-5-3-2-4-8(9)14(7)11(15)10(12)13/h6-8,12H,5,9-10H2,1-4H3;2-5H,1H3,(H2,20,21,22,23,24,25);2-5,7,10H,6H2,1H3. The summed E-state index contributed by atoms with van der Waals surface area (Å²) in [6, 6.07) is 13.7. The number of aryl methyl sites for hydroxylation is 2. The van der Waals surface area contributed by atoms with Gasteiger partial charge < -0.3 is 24.0 Å². The van der Waals surface area contributed by atoms with Gasteiger partial charge in [-0.15, -0.1) is 11.6 Å². The number of nitrogens with one attached hydrogen (secondary N) is 2. The summed E-state index contributed by atoms with van der Waals surface area (Å²) < 4.78 is 118. The van der Waals surface area contributed by atoms with Crippen molar-refractivity contribution in [2.45, 2.75) is 68.3 Å². The zero-order valence-corrected chi connectivity index (χ0v) is 37.8. The number of methoxy groups -OCH3 is 2. The molecule has 0 bridgehead atoms. The van der Waals surface area contributed by atoms with Gasteiger partial charge in [-0.2, -0.15) is 41.3 Å². The maximum atomic E-state index is 13.0. The molecule has 15 nitrogen and oxygen atoms in total. The lowest BCUT2D eigenvalue weighted by Gasteiger charge is -2.35. The van der Waals surface area contributed by atoms with E-state index in [2.05, 4.69) is 32.7 Å². The summed E-state index contributed by atoms with van der Waals surface area (Å²) >= 11 is 17.0. The van der Waals surface area contributed by atoms with Crippen LogP contribution in [0.2, 0.25) is 0 Å². The highest BCUT2D eigenvalue weighted by molar-refractivity contribution is 7.90. The van der Waals surface area contributed by atoms with E-state index in [9.17, 15) is 49.1 Å². The number of halogens is 9. The normalized spacial score (nSPS) is 14.1. The van der Waals surface area contributed by atoms with Crippen LogP contribution in [-0.4, -0.2) is 91.4 Å². The highest BCUT2D eigenvalue weighted by atomic mass is 35.5. The number of sulfonamides is 1. The Balaban J connectivity index is 0.000000270. The lowest BCUT2D eigenvalue weighted by Crippen LogP contribution is -2.47. The quantitative estimate of drug-likeness (QED) is 0.109. The first kappa shape index (κ1) is 53.2. The molecule has 0 spiro atoms. The maximum absolute atomic E-state index is 13.0. The molecule has 2 N–H and O–H groups in total. The zero-order chi connectivity index (χ0) is 48.2. The number of amides is 4. The van der Waals surface area contributed by atoms with E-state index >= 15 is 0 Å². The number of alkyl halides is 9. The van der Waals surface area contributed by atoms with E-state index in [0.29, 0.717) is 31.1 Å². The minimum absolute atomic E-state index is 0.0223. The van der Waals surface area contributed by atoms with Crippen LogP contribution in [0.25, 0.3) is 0 Å². The topological polar surface area (TPSA) is 182 Å². The van der Waals surface area contributed by atoms with Crippen molar-refractivity contribution in [2.75, 3.05) is 48.4 Å². The van der Waals surface area contributed by atoms with E-state index in [0.717, 1.165) is 48.2 Å². The fraction of sp³-hybridized carbons (Fsp3) is 0.385. The number of carbonyl (C=O) groups is 3. The SMILES string of the molecule is CC1COc2ccccc2N1C(=O)C(Cl)Cl.CCc1cccc(C)c1N(C(=O)CCl)C(C)COC.COc1nc(NC(=O)NS(=O)(=O)c2ccccc2C(F)(F)F)nc(C(F)(F)F)n1. The molecule has 64 heavy (non-hydrogen) atoms. The van der Waals surface area contributed by atoms with E-state index in [1.165, 1.54) is 4.72 Å². The van der Waals surface area contributed by atoms with Crippen LogP contribution in [-0.2, 0) is 43.1 Å². The molecular formula is C39H42Cl3F6N7O8S. The molecule has 0 aliphatic carbocycles. The van der Waals surface area contributed by atoms with Gasteiger partial charge in [0.15, 0.2) is 4.84 Å². The maximum Gasteiger partial charge on any atom is 0.451 e. The third kappa shape index (κ3) is 14.2. The Morgan fingerprint density at radius 1 is 0.953 bits per heavy atom. The van der Waals surface area contributed by atoms with Crippen LogP contribution < -0.4 is 29.3 Å². The van der Waals surface area contributed by atoms with Crippen molar-refractivity contribution in [3.63, 3.8) is 0 Å². The van der Waals surface area contributed by atoms with E-state index in [1.54, 1.807) is 22.2 Å². The van der Waals surface area contributed by atoms with Gasteiger partial charge in [-0.05, 0) is 62.6 Å². The molecule has 350 valence electrons. The van der Waals surface area contributed by atoms with Crippen molar-refractivity contribution in [1.82, 2.24) is 19.7 Å². The van der Waals surface area contributed by atoms with Gasteiger partial charge >= 0.3 is 24.4 Å². The average molecular weight is 989 g/mol. The second kappa shape index (κ2) is 23.2. The number of aromatic nitrogens is 3. The monoisotopic (exact) mass is 987 g/mol. The van der Waals surface area contributed by atoms with E-state index in [-0.39, 0.29) is 29.8 Å². The van der Waals surface area contributed by atoms with E-state index in [4.69, 9.17) is 44.3 Å². The summed E-state index contributed by atoms with van der Waals surface area (Å²) in [4.78, 5) is 46.0. The smallest absolute Gasteiger partial charge is 0.451 e. The predicted octanol–water partition coefficient (Wildman–Crippen LogP) is 8.20. The number of ether oxygens (including phenoxy) is 3. The van der Waals surface area contributed by atoms with Crippen LogP contribution in [0.5, 0.6) is 11.8 Å². The van der Waals surface area contributed by atoms with Gasteiger partial charge in [0.05, 0.1) is 47.6 Å². The molecule has 1 aromatic heterocycles. The fourth-order valence-electron chi connectivity index (χ4n) is 5.93. The first-order valence-electron chi connectivity index (χ1n) is 18.6. The molecule has 0 saturated carbocycles. The number of urea groups is 1. The molecule has 25 heteroatoms. The van der Waals surface area contributed by atoms with Gasteiger partial charge in [0.25, 0.3) is 15.9 Å². The number of hydrogen-bond donors (Lipinski definition) is 2.